The monoisotopic (exact) mass is 317 g/mol. The fraction of sp³-hybridized carbons (Fsp3) is 0.462. The number of anilines is 1. The maximum atomic E-state index is 12.2. The smallest absolute Gasteiger partial charge is 0.332 e. The summed E-state index contributed by atoms with van der Waals surface area (Å²) in [6.45, 7) is 1.90. The van der Waals surface area contributed by atoms with Crippen LogP contribution in [0.2, 0.25) is 5.02 Å². The number of carbonyl (C=O) groups excluding carboxylic acids is 1. The molecule has 7 heteroatoms. The molecule has 1 heterocycles. The number of sulfone groups is 1. The molecule has 1 aromatic rings. The lowest BCUT2D eigenvalue weighted by Crippen LogP contribution is -2.48. The minimum atomic E-state index is -3.23. The van der Waals surface area contributed by atoms with Gasteiger partial charge in [-0.3, -0.25) is 0 Å². The normalized spacial score (nSPS) is 24.3. The lowest BCUT2D eigenvalue weighted by atomic mass is 9.98. The van der Waals surface area contributed by atoms with Crippen LogP contribution < -0.4 is 5.32 Å². The van der Waals surface area contributed by atoms with Gasteiger partial charge in [-0.05, 0) is 37.6 Å². The van der Waals surface area contributed by atoms with Gasteiger partial charge in [0.1, 0.15) is 0 Å². The van der Waals surface area contributed by atoms with E-state index in [0.717, 1.165) is 0 Å². The van der Waals surface area contributed by atoms with E-state index in [1.807, 2.05) is 0 Å². The van der Waals surface area contributed by atoms with Gasteiger partial charge in [-0.15, -0.1) is 0 Å². The van der Waals surface area contributed by atoms with Crippen molar-refractivity contribution in [2.24, 2.45) is 0 Å². The van der Waals surface area contributed by atoms with Gasteiger partial charge < -0.3 is 10.1 Å². The molecule has 1 aliphatic rings. The molecule has 0 aliphatic carbocycles. The van der Waals surface area contributed by atoms with Gasteiger partial charge in [0, 0.05) is 10.7 Å². The van der Waals surface area contributed by atoms with Crippen LogP contribution in [-0.2, 0) is 19.4 Å². The molecule has 0 saturated carbocycles. The van der Waals surface area contributed by atoms with Gasteiger partial charge in [0.2, 0.25) is 0 Å². The Bertz CT molecular complexity index is 599. The average Bonchev–Trinajstić information content (AvgIpc) is 2.69. The van der Waals surface area contributed by atoms with Crippen molar-refractivity contribution in [2.45, 2.75) is 18.9 Å². The molecule has 1 aliphatic heterocycles. The largest absolute Gasteiger partial charge is 0.464 e. The Morgan fingerprint density at radius 3 is 2.55 bits per heavy atom. The van der Waals surface area contributed by atoms with E-state index >= 15 is 0 Å². The SMILES string of the molecule is CCOC(=O)C1(Nc2ccc(Cl)cc2)CCS(=O)(=O)C1. The molecule has 0 aromatic heterocycles. The molecule has 0 bridgehead atoms. The van der Waals surface area contributed by atoms with Gasteiger partial charge in [0.15, 0.2) is 15.4 Å². The second-order valence-electron chi connectivity index (χ2n) is 4.78. The first-order valence-corrected chi connectivity index (χ1v) is 8.48. The molecule has 110 valence electrons. The minimum Gasteiger partial charge on any atom is -0.464 e. The second kappa shape index (κ2) is 5.61. The van der Waals surface area contributed by atoms with E-state index in [4.69, 9.17) is 16.3 Å². The predicted octanol–water partition coefficient (Wildman–Crippen LogP) is 1.87. The molecule has 1 saturated heterocycles. The van der Waals surface area contributed by atoms with Gasteiger partial charge in [0.05, 0.1) is 18.1 Å². The predicted molar refractivity (Wildman–Crippen MR) is 77.7 cm³/mol. The molecular formula is C13H16ClNO4S. The number of esters is 1. The highest BCUT2D eigenvalue weighted by Gasteiger charge is 2.49. The van der Waals surface area contributed by atoms with Crippen LogP contribution in [0.25, 0.3) is 0 Å². The zero-order valence-electron chi connectivity index (χ0n) is 11.1. The second-order valence-corrected chi connectivity index (χ2v) is 7.40. The molecule has 1 aromatic carbocycles. The Kier molecular flexibility index (Phi) is 4.25. The van der Waals surface area contributed by atoms with Crippen molar-refractivity contribution in [1.29, 1.82) is 0 Å². The van der Waals surface area contributed by atoms with Crippen molar-refractivity contribution in [1.82, 2.24) is 0 Å². The molecule has 20 heavy (non-hydrogen) atoms. The summed E-state index contributed by atoms with van der Waals surface area (Å²) < 4.78 is 28.5. The summed E-state index contributed by atoms with van der Waals surface area (Å²) in [5.41, 5.74) is -0.567. The van der Waals surface area contributed by atoms with Crippen LogP contribution >= 0.6 is 11.6 Å². The molecule has 2 rings (SSSR count). The standard InChI is InChI=1S/C13H16ClNO4S/c1-2-19-12(16)13(7-8-20(17,18)9-13)15-11-5-3-10(14)4-6-11/h3-6,15H,2,7-9H2,1H3. The lowest BCUT2D eigenvalue weighted by molar-refractivity contribution is -0.147. The quantitative estimate of drug-likeness (QED) is 0.858. The molecular weight excluding hydrogens is 302 g/mol. The van der Waals surface area contributed by atoms with E-state index in [1.54, 1.807) is 31.2 Å². The van der Waals surface area contributed by atoms with Crippen LogP contribution in [0.1, 0.15) is 13.3 Å². The number of hydrogen-bond acceptors (Lipinski definition) is 5. The van der Waals surface area contributed by atoms with Crippen LogP contribution in [0.4, 0.5) is 5.69 Å². The molecule has 0 amide bonds. The highest BCUT2D eigenvalue weighted by atomic mass is 35.5. The van der Waals surface area contributed by atoms with E-state index in [0.29, 0.717) is 10.7 Å². The molecule has 0 radical (unpaired) electrons. The third kappa shape index (κ3) is 3.24. The topological polar surface area (TPSA) is 72.5 Å². The first-order chi connectivity index (χ1) is 9.37. The number of rotatable bonds is 4. The van der Waals surface area contributed by atoms with Crippen molar-refractivity contribution in [3.63, 3.8) is 0 Å². The van der Waals surface area contributed by atoms with Gasteiger partial charge >= 0.3 is 5.97 Å². The number of ether oxygens (including phenoxy) is 1. The van der Waals surface area contributed by atoms with Crippen LogP contribution in [0, 0.1) is 0 Å². The van der Waals surface area contributed by atoms with Crippen molar-refractivity contribution in [2.75, 3.05) is 23.4 Å². The molecule has 1 unspecified atom stereocenters. The Labute approximate surface area is 123 Å². The van der Waals surface area contributed by atoms with Gasteiger partial charge in [0.25, 0.3) is 0 Å². The molecule has 1 N–H and O–H groups in total. The average molecular weight is 318 g/mol. The molecule has 1 atom stereocenters. The van der Waals surface area contributed by atoms with Crippen molar-refractivity contribution in [3.8, 4) is 0 Å². The van der Waals surface area contributed by atoms with E-state index in [-0.39, 0.29) is 24.5 Å². The summed E-state index contributed by atoms with van der Waals surface area (Å²) in [7, 11) is -3.23. The Morgan fingerprint density at radius 1 is 1.40 bits per heavy atom. The van der Waals surface area contributed by atoms with E-state index in [1.165, 1.54) is 0 Å². The lowest BCUT2D eigenvalue weighted by Gasteiger charge is -2.27. The third-order valence-corrected chi connectivity index (χ3v) is 5.21. The summed E-state index contributed by atoms with van der Waals surface area (Å²) in [5.74, 6) is -0.801. The fourth-order valence-corrected chi connectivity index (χ4v) is 4.25. The summed E-state index contributed by atoms with van der Waals surface area (Å²) in [6, 6.07) is 6.75. The first-order valence-electron chi connectivity index (χ1n) is 6.28. The minimum absolute atomic E-state index is 0.0214. The highest BCUT2D eigenvalue weighted by Crippen LogP contribution is 2.30. The summed E-state index contributed by atoms with van der Waals surface area (Å²) in [5, 5.41) is 3.58. The fourth-order valence-electron chi connectivity index (χ4n) is 2.24. The highest BCUT2D eigenvalue weighted by molar-refractivity contribution is 7.91. The zero-order chi connectivity index (χ0) is 14.8. The zero-order valence-corrected chi connectivity index (χ0v) is 12.6. The number of benzene rings is 1. The van der Waals surface area contributed by atoms with E-state index in [9.17, 15) is 13.2 Å². The molecule has 1 fully saturated rings. The number of carbonyl (C=O) groups is 1. The first kappa shape index (κ1) is 15.1. The Morgan fingerprint density at radius 2 is 2.05 bits per heavy atom. The van der Waals surface area contributed by atoms with E-state index in [2.05, 4.69) is 5.32 Å². The summed E-state index contributed by atoms with van der Waals surface area (Å²) in [4.78, 5) is 12.2. The van der Waals surface area contributed by atoms with Gasteiger partial charge in [-0.1, -0.05) is 11.6 Å². The van der Waals surface area contributed by atoms with E-state index < -0.39 is 21.3 Å². The maximum absolute atomic E-state index is 12.2. The van der Waals surface area contributed by atoms with Crippen molar-refractivity contribution in [3.05, 3.63) is 29.3 Å². The third-order valence-electron chi connectivity index (χ3n) is 3.20. The van der Waals surface area contributed by atoms with Gasteiger partial charge in [-0.25, -0.2) is 13.2 Å². The van der Waals surface area contributed by atoms with Crippen LogP contribution in [0.15, 0.2) is 24.3 Å². The Balaban J connectivity index is 2.28. The maximum Gasteiger partial charge on any atom is 0.332 e. The van der Waals surface area contributed by atoms with Gasteiger partial charge in [-0.2, -0.15) is 0 Å². The number of hydrogen-bond donors (Lipinski definition) is 1. The van der Waals surface area contributed by atoms with Crippen molar-refractivity contribution >= 4 is 33.1 Å². The molecule has 5 nitrogen and oxygen atoms in total. The molecule has 0 spiro atoms. The van der Waals surface area contributed by atoms with Crippen LogP contribution in [-0.4, -0.2) is 38.0 Å². The summed E-state index contributed by atoms with van der Waals surface area (Å²) in [6.07, 6.45) is 0.205. The Hall–Kier alpha value is -1.27. The van der Waals surface area contributed by atoms with Crippen LogP contribution in [0.3, 0.4) is 0 Å². The van der Waals surface area contributed by atoms with Crippen molar-refractivity contribution < 1.29 is 17.9 Å². The number of halogens is 1. The number of nitrogens with one attached hydrogen (secondary N) is 1. The summed E-state index contributed by atoms with van der Waals surface area (Å²) >= 11 is 5.81. The van der Waals surface area contributed by atoms with Crippen LogP contribution in [0.5, 0.6) is 0 Å².